The Bertz CT molecular complexity index is 930. The smallest absolute Gasteiger partial charge is 0.179 e. The summed E-state index contributed by atoms with van der Waals surface area (Å²) in [6.07, 6.45) is 8.51. The van der Waals surface area contributed by atoms with E-state index in [0.717, 1.165) is 38.5 Å². The van der Waals surface area contributed by atoms with Crippen LogP contribution in [0.15, 0.2) is 29.2 Å². The van der Waals surface area contributed by atoms with Crippen molar-refractivity contribution in [2.75, 3.05) is 5.73 Å². The van der Waals surface area contributed by atoms with Crippen molar-refractivity contribution in [3.63, 3.8) is 0 Å². The van der Waals surface area contributed by atoms with Crippen LogP contribution in [0.1, 0.15) is 85.1 Å². The molecule has 30 heavy (non-hydrogen) atoms. The molecule has 2 atom stereocenters. The van der Waals surface area contributed by atoms with Crippen molar-refractivity contribution in [3.05, 3.63) is 45.9 Å². The molecule has 0 aliphatic heterocycles. The fourth-order valence-electron chi connectivity index (χ4n) is 4.58. The van der Waals surface area contributed by atoms with Gasteiger partial charge in [0.15, 0.2) is 11.6 Å². The van der Waals surface area contributed by atoms with E-state index in [1.807, 2.05) is 0 Å². The lowest BCUT2D eigenvalue weighted by molar-refractivity contribution is 0.0743. The van der Waals surface area contributed by atoms with Crippen LogP contribution in [-0.4, -0.2) is 21.8 Å². The number of fused-ring (bicyclic) bond motifs is 2. The fraction of sp³-hybridized carbons (Fsp3) is 0.500. The first kappa shape index (κ1) is 21.9. The molecule has 2 aliphatic carbocycles. The monoisotopic (exact) mass is 412 g/mol. The SMILES string of the molecule is CCCCCC1=C(O)C2C(=O)c3c(O)c(CCCCC)cc(N)c3C(=O)C2C(N)=C1. The quantitative estimate of drug-likeness (QED) is 0.281. The number of nitrogens with two attached hydrogens (primary N) is 2. The van der Waals surface area contributed by atoms with E-state index >= 15 is 0 Å². The summed E-state index contributed by atoms with van der Waals surface area (Å²) in [6, 6.07) is 1.59. The van der Waals surface area contributed by atoms with Gasteiger partial charge in [0.25, 0.3) is 0 Å². The first-order valence-corrected chi connectivity index (χ1v) is 10.9. The van der Waals surface area contributed by atoms with Gasteiger partial charge in [-0.3, -0.25) is 9.59 Å². The Balaban J connectivity index is 2.07. The van der Waals surface area contributed by atoms with Crippen LogP contribution in [-0.2, 0) is 6.42 Å². The van der Waals surface area contributed by atoms with Crippen LogP contribution in [0.25, 0.3) is 0 Å². The summed E-state index contributed by atoms with van der Waals surface area (Å²) in [6.45, 7) is 4.17. The van der Waals surface area contributed by atoms with Gasteiger partial charge >= 0.3 is 0 Å². The number of hydrogen-bond acceptors (Lipinski definition) is 6. The summed E-state index contributed by atoms with van der Waals surface area (Å²) in [4.78, 5) is 26.7. The number of aromatic hydroxyl groups is 1. The number of carbonyl (C=O) groups is 2. The number of ketones is 2. The zero-order valence-corrected chi connectivity index (χ0v) is 17.8. The second-order valence-corrected chi connectivity index (χ2v) is 8.38. The molecular weight excluding hydrogens is 380 g/mol. The van der Waals surface area contributed by atoms with Crippen LogP contribution in [0.5, 0.6) is 5.75 Å². The number of phenols is 1. The lowest BCUT2D eigenvalue weighted by Gasteiger charge is -2.35. The number of aryl methyl sites for hydroxylation is 1. The summed E-state index contributed by atoms with van der Waals surface area (Å²) < 4.78 is 0. The van der Waals surface area contributed by atoms with E-state index in [0.29, 0.717) is 24.0 Å². The molecule has 0 heterocycles. The first-order chi connectivity index (χ1) is 14.3. The number of allylic oxidation sites excluding steroid dienone is 4. The Kier molecular flexibility index (Phi) is 6.54. The first-order valence-electron chi connectivity index (χ1n) is 10.9. The molecule has 2 aliphatic rings. The number of rotatable bonds is 8. The number of hydrogen-bond donors (Lipinski definition) is 4. The zero-order valence-electron chi connectivity index (χ0n) is 17.8. The standard InChI is InChI=1S/C24H32N2O4/c1-3-5-7-9-13-11-15(25)17-19(21(13)27)24(30)20-18(23(17)29)16(26)12-14(22(20)28)10-8-6-4-2/h11-12,17,19,27-28H,3-10,25-26H2,1-2H3. The van der Waals surface area contributed by atoms with Crippen LogP contribution in [0, 0.1) is 11.8 Å². The molecule has 1 aromatic rings. The second-order valence-electron chi connectivity index (χ2n) is 8.38. The number of benzene rings is 1. The van der Waals surface area contributed by atoms with Crippen LogP contribution < -0.4 is 11.5 Å². The molecule has 0 saturated heterocycles. The minimum absolute atomic E-state index is 0.0246. The van der Waals surface area contributed by atoms with E-state index in [4.69, 9.17) is 11.5 Å². The fourth-order valence-corrected chi connectivity index (χ4v) is 4.58. The molecule has 0 radical (unpaired) electrons. The van der Waals surface area contributed by atoms with Gasteiger partial charge in [0, 0.05) is 11.4 Å². The minimum atomic E-state index is -1.09. The third-order valence-corrected chi connectivity index (χ3v) is 6.22. The molecule has 0 bridgehead atoms. The Morgan fingerprint density at radius 2 is 1.47 bits per heavy atom. The number of unbranched alkanes of at least 4 members (excludes halogenated alkanes) is 4. The number of anilines is 1. The Hall–Kier alpha value is -2.76. The largest absolute Gasteiger partial charge is 0.511 e. The van der Waals surface area contributed by atoms with E-state index in [1.165, 1.54) is 0 Å². The molecule has 0 aromatic heterocycles. The molecule has 0 amide bonds. The number of aliphatic hydroxyl groups is 1. The average Bonchev–Trinajstić information content (AvgIpc) is 2.70. The number of nitrogen functional groups attached to an aromatic ring is 1. The molecule has 6 nitrogen and oxygen atoms in total. The van der Waals surface area contributed by atoms with Gasteiger partial charge in [-0.15, -0.1) is 0 Å². The number of Topliss-reactive ketones (excluding diaryl/α,β-unsaturated/α-hetero) is 2. The third kappa shape index (κ3) is 3.71. The van der Waals surface area contributed by atoms with Crippen molar-refractivity contribution in [1.29, 1.82) is 0 Å². The highest BCUT2D eigenvalue weighted by Crippen LogP contribution is 2.46. The molecule has 6 N–H and O–H groups in total. The van der Waals surface area contributed by atoms with E-state index in [-0.39, 0.29) is 34.0 Å². The predicted molar refractivity (Wildman–Crippen MR) is 117 cm³/mol. The van der Waals surface area contributed by atoms with Crippen molar-refractivity contribution >= 4 is 17.3 Å². The van der Waals surface area contributed by atoms with Crippen LogP contribution in [0.2, 0.25) is 0 Å². The number of carbonyl (C=O) groups excluding carboxylic acids is 2. The van der Waals surface area contributed by atoms with Gasteiger partial charge in [-0.2, -0.15) is 0 Å². The number of aliphatic hydroxyl groups excluding tert-OH is 1. The molecular formula is C24H32N2O4. The molecule has 1 aromatic carbocycles. The molecule has 0 spiro atoms. The minimum Gasteiger partial charge on any atom is -0.511 e. The summed E-state index contributed by atoms with van der Waals surface area (Å²) in [5.74, 6) is -3.28. The third-order valence-electron chi connectivity index (χ3n) is 6.22. The van der Waals surface area contributed by atoms with Gasteiger partial charge in [-0.05, 0) is 49.0 Å². The van der Waals surface area contributed by atoms with E-state index in [9.17, 15) is 19.8 Å². The summed E-state index contributed by atoms with van der Waals surface area (Å²) in [7, 11) is 0. The van der Waals surface area contributed by atoms with E-state index in [1.54, 1.807) is 12.1 Å². The van der Waals surface area contributed by atoms with Crippen molar-refractivity contribution < 1.29 is 19.8 Å². The second kappa shape index (κ2) is 8.94. The lowest BCUT2D eigenvalue weighted by atomic mass is 9.67. The molecule has 0 fully saturated rings. The van der Waals surface area contributed by atoms with E-state index < -0.39 is 23.4 Å². The van der Waals surface area contributed by atoms with Gasteiger partial charge in [-0.25, -0.2) is 0 Å². The van der Waals surface area contributed by atoms with Crippen LogP contribution in [0.3, 0.4) is 0 Å². The van der Waals surface area contributed by atoms with Crippen molar-refractivity contribution in [2.24, 2.45) is 17.6 Å². The molecule has 3 rings (SSSR count). The average molecular weight is 413 g/mol. The zero-order chi connectivity index (χ0) is 22.0. The van der Waals surface area contributed by atoms with Crippen LogP contribution >= 0.6 is 0 Å². The summed E-state index contributed by atoms with van der Waals surface area (Å²) in [5, 5.41) is 21.7. The van der Waals surface area contributed by atoms with Gasteiger partial charge in [0.2, 0.25) is 0 Å². The van der Waals surface area contributed by atoms with Crippen molar-refractivity contribution in [2.45, 2.75) is 65.2 Å². The maximum atomic E-state index is 13.4. The Labute approximate surface area is 177 Å². The summed E-state index contributed by atoms with van der Waals surface area (Å²) >= 11 is 0. The maximum absolute atomic E-state index is 13.4. The van der Waals surface area contributed by atoms with Gasteiger partial charge < -0.3 is 21.7 Å². The predicted octanol–water partition coefficient (Wildman–Crippen LogP) is 4.57. The molecule has 162 valence electrons. The highest BCUT2D eigenvalue weighted by molar-refractivity contribution is 6.21. The topological polar surface area (TPSA) is 127 Å². The van der Waals surface area contributed by atoms with Gasteiger partial charge in [-0.1, -0.05) is 39.5 Å². The maximum Gasteiger partial charge on any atom is 0.179 e. The molecule has 6 heteroatoms. The van der Waals surface area contributed by atoms with Gasteiger partial charge in [0.05, 0.1) is 23.0 Å². The lowest BCUT2D eigenvalue weighted by Crippen LogP contribution is -2.43. The Morgan fingerprint density at radius 3 is 2.10 bits per heavy atom. The highest BCUT2D eigenvalue weighted by atomic mass is 16.3. The highest BCUT2D eigenvalue weighted by Gasteiger charge is 2.49. The normalized spacial score (nSPS) is 20.8. The van der Waals surface area contributed by atoms with Crippen molar-refractivity contribution in [1.82, 2.24) is 0 Å². The molecule has 0 saturated carbocycles. The number of phenolic OH excluding ortho intramolecular Hbond substituents is 1. The Morgan fingerprint density at radius 1 is 0.867 bits per heavy atom. The van der Waals surface area contributed by atoms with E-state index in [2.05, 4.69) is 13.8 Å². The summed E-state index contributed by atoms with van der Waals surface area (Å²) in [5.41, 5.74) is 13.9. The van der Waals surface area contributed by atoms with Gasteiger partial charge in [0.1, 0.15) is 11.5 Å². The molecule has 2 unspecified atom stereocenters. The van der Waals surface area contributed by atoms with Crippen molar-refractivity contribution in [3.8, 4) is 5.75 Å². The van der Waals surface area contributed by atoms with Crippen LogP contribution in [0.4, 0.5) is 5.69 Å².